The van der Waals surface area contributed by atoms with Gasteiger partial charge in [-0.15, -0.1) is 0 Å². The molecule has 0 aromatic carbocycles. The van der Waals surface area contributed by atoms with Crippen LogP contribution in [0.2, 0.25) is 0 Å². The van der Waals surface area contributed by atoms with Gasteiger partial charge in [0.25, 0.3) is 5.91 Å². The second-order valence-electron chi connectivity index (χ2n) is 4.89. The lowest BCUT2D eigenvalue weighted by Crippen LogP contribution is -2.42. The van der Waals surface area contributed by atoms with Crippen molar-refractivity contribution in [2.45, 2.75) is 19.3 Å². The third kappa shape index (κ3) is 3.27. The van der Waals surface area contributed by atoms with Crippen LogP contribution in [-0.2, 0) is 11.8 Å². The van der Waals surface area contributed by atoms with Crippen LogP contribution in [0.3, 0.4) is 0 Å². The standard InChI is InChI=1S/C13H20N4O2/c1-16-9-10(14)7-11(16)13(19)15-8-12(18)17-5-3-2-4-6-17/h7,9H,2-6,8,14H2,1H3,(H,15,19). The lowest BCUT2D eigenvalue weighted by Gasteiger charge is -2.26. The van der Waals surface area contributed by atoms with E-state index in [-0.39, 0.29) is 18.4 Å². The molecule has 0 spiro atoms. The van der Waals surface area contributed by atoms with E-state index in [0.29, 0.717) is 11.4 Å². The number of rotatable bonds is 3. The number of nitrogen functional groups attached to an aromatic ring is 1. The molecule has 1 saturated heterocycles. The molecule has 104 valence electrons. The van der Waals surface area contributed by atoms with E-state index in [9.17, 15) is 9.59 Å². The lowest BCUT2D eigenvalue weighted by atomic mass is 10.1. The Bertz CT molecular complexity index is 475. The number of nitrogens with one attached hydrogen (secondary N) is 1. The lowest BCUT2D eigenvalue weighted by molar-refractivity contribution is -0.130. The number of piperidine rings is 1. The van der Waals surface area contributed by atoms with Crippen LogP contribution in [0.4, 0.5) is 5.69 Å². The Morgan fingerprint density at radius 2 is 2.00 bits per heavy atom. The summed E-state index contributed by atoms with van der Waals surface area (Å²) >= 11 is 0. The van der Waals surface area contributed by atoms with E-state index in [1.54, 1.807) is 23.9 Å². The number of hydrogen-bond donors (Lipinski definition) is 2. The molecule has 1 aliphatic heterocycles. The Balaban J connectivity index is 1.86. The smallest absolute Gasteiger partial charge is 0.268 e. The number of amides is 2. The first-order valence-electron chi connectivity index (χ1n) is 6.56. The van der Waals surface area contributed by atoms with Gasteiger partial charge in [-0.05, 0) is 25.3 Å². The maximum absolute atomic E-state index is 11.9. The highest BCUT2D eigenvalue weighted by atomic mass is 16.2. The minimum Gasteiger partial charge on any atom is -0.397 e. The SMILES string of the molecule is Cn1cc(N)cc1C(=O)NCC(=O)N1CCCCC1. The highest BCUT2D eigenvalue weighted by Gasteiger charge is 2.18. The second-order valence-corrected chi connectivity index (χ2v) is 4.89. The number of hydrogen-bond acceptors (Lipinski definition) is 3. The zero-order valence-electron chi connectivity index (χ0n) is 11.2. The van der Waals surface area contributed by atoms with Crippen molar-refractivity contribution in [3.63, 3.8) is 0 Å². The fourth-order valence-corrected chi connectivity index (χ4v) is 2.32. The van der Waals surface area contributed by atoms with Gasteiger partial charge in [0.05, 0.1) is 12.2 Å². The highest BCUT2D eigenvalue weighted by Crippen LogP contribution is 2.09. The summed E-state index contributed by atoms with van der Waals surface area (Å²) in [6.07, 6.45) is 4.95. The minimum atomic E-state index is -0.274. The zero-order chi connectivity index (χ0) is 13.8. The van der Waals surface area contributed by atoms with Gasteiger partial charge < -0.3 is 20.5 Å². The van der Waals surface area contributed by atoms with Crippen molar-refractivity contribution in [1.82, 2.24) is 14.8 Å². The van der Waals surface area contributed by atoms with Crippen LogP contribution in [0.1, 0.15) is 29.8 Å². The van der Waals surface area contributed by atoms with Crippen molar-refractivity contribution in [3.8, 4) is 0 Å². The first-order valence-corrected chi connectivity index (χ1v) is 6.56. The first kappa shape index (κ1) is 13.5. The van der Waals surface area contributed by atoms with Gasteiger partial charge >= 0.3 is 0 Å². The number of aromatic nitrogens is 1. The Hall–Kier alpha value is -1.98. The van der Waals surface area contributed by atoms with Gasteiger partial charge in [0.2, 0.25) is 5.91 Å². The fraction of sp³-hybridized carbons (Fsp3) is 0.538. The zero-order valence-corrected chi connectivity index (χ0v) is 11.2. The van der Waals surface area contributed by atoms with Crippen molar-refractivity contribution in [2.75, 3.05) is 25.4 Å². The molecule has 1 aromatic rings. The molecule has 0 saturated carbocycles. The van der Waals surface area contributed by atoms with Crippen LogP contribution >= 0.6 is 0 Å². The minimum absolute atomic E-state index is 0.0183. The summed E-state index contributed by atoms with van der Waals surface area (Å²) in [4.78, 5) is 25.6. The largest absolute Gasteiger partial charge is 0.397 e. The average molecular weight is 264 g/mol. The number of nitrogens with two attached hydrogens (primary N) is 1. The predicted molar refractivity (Wildman–Crippen MR) is 72.6 cm³/mol. The molecule has 1 aliphatic rings. The molecule has 6 nitrogen and oxygen atoms in total. The van der Waals surface area contributed by atoms with E-state index >= 15 is 0 Å². The fourth-order valence-electron chi connectivity index (χ4n) is 2.32. The number of anilines is 1. The number of likely N-dealkylation sites (tertiary alicyclic amines) is 1. The van der Waals surface area contributed by atoms with Crippen LogP contribution < -0.4 is 11.1 Å². The van der Waals surface area contributed by atoms with Gasteiger partial charge in [-0.25, -0.2) is 0 Å². The number of carbonyl (C=O) groups excluding carboxylic acids is 2. The van der Waals surface area contributed by atoms with Crippen LogP contribution in [-0.4, -0.2) is 40.9 Å². The maximum atomic E-state index is 11.9. The molecule has 3 N–H and O–H groups in total. The summed E-state index contributed by atoms with van der Waals surface area (Å²) in [6, 6.07) is 1.60. The third-order valence-corrected chi connectivity index (χ3v) is 3.37. The van der Waals surface area contributed by atoms with E-state index in [0.717, 1.165) is 25.9 Å². The highest BCUT2D eigenvalue weighted by molar-refractivity contribution is 5.96. The summed E-state index contributed by atoms with van der Waals surface area (Å²) in [5.74, 6) is -0.292. The first-order chi connectivity index (χ1) is 9.08. The molecule has 0 radical (unpaired) electrons. The molecule has 19 heavy (non-hydrogen) atoms. The second kappa shape index (κ2) is 5.77. The molecule has 0 atom stereocenters. The molecule has 2 heterocycles. The Kier molecular flexibility index (Phi) is 4.09. The number of aryl methyl sites for hydroxylation is 1. The number of carbonyl (C=O) groups is 2. The van der Waals surface area contributed by atoms with Crippen LogP contribution in [0.15, 0.2) is 12.3 Å². The molecular weight excluding hydrogens is 244 g/mol. The van der Waals surface area contributed by atoms with E-state index < -0.39 is 0 Å². The molecule has 2 rings (SSSR count). The third-order valence-electron chi connectivity index (χ3n) is 3.37. The summed E-state index contributed by atoms with van der Waals surface area (Å²) in [5.41, 5.74) is 6.61. The molecule has 0 unspecified atom stereocenters. The summed E-state index contributed by atoms with van der Waals surface area (Å²) in [7, 11) is 1.75. The van der Waals surface area contributed by atoms with Crippen LogP contribution in [0, 0.1) is 0 Å². The van der Waals surface area contributed by atoms with E-state index in [1.807, 2.05) is 4.90 Å². The van der Waals surface area contributed by atoms with Crippen LogP contribution in [0.25, 0.3) is 0 Å². The van der Waals surface area contributed by atoms with Crippen molar-refractivity contribution >= 4 is 17.5 Å². The van der Waals surface area contributed by atoms with Crippen LogP contribution in [0.5, 0.6) is 0 Å². The molecule has 1 fully saturated rings. The summed E-state index contributed by atoms with van der Waals surface area (Å²) < 4.78 is 1.65. The van der Waals surface area contributed by atoms with Gasteiger partial charge in [0, 0.05) is 26.3 Å². The topological polar surface area (TPSA) is 80.4 Å². The Labute approximate surface area is 112 Å². The normalized spacial score (nSPS) is 15.3. The van der Waals surface area contributed by atoms with E-state index in [2.05, 4.69) is 5.32 Å². The molecule has 0 bridgehead atoms. The van der Waals surface area contributed by atoms with Crippen molar-refractivity contribution in [2.24, 2.45) is 7.05 Å². The van der Waals surface area contributed by atoms with Crippen molar-refractivity contribution < 1.29 is 9.59 Å². The molecule has 0 aliphatic carbocycles. The van der Waals surface area contributed by atoms with Gasteiger partial charge in [-0.2, -0.15) is 0 Å². The Morgan fingerprint density at radius 3 is 2.58 bits per heavy atom. The number of nitrogens with zero attached hydrogens (tertiary/aromatic N) is 2. The quantitative estimate of drug-likeness (QED) is 0.826. The van der Waals surface area contributed by atoms with Gasteiger partial charge in [0.15, 0.2) is 0 Å². The summed E-state index contributed by atoms with van der Waals surface area (Å²) in [5, 5.41) is 2.64. The van der Waals surface area contributed by atoms with E-state index in [1.165, 1.54) is 6.42 Å². The van der Waals surface area contributed by atoms with Crippen molar-refractivity contribution in [3.05, 3.63) is 18.0 Å². The average Bonchev–Trinajstić information content (AvgIpc) is 2.75. The monoisotopic (exact) mass is 264 g/mol. The van der Waals surface area contributed by atoms with Gasteiger partial charge in [-0.3, -0.25) is 9.59 Å². The van der Waals surface area contributed by atoms with E-state index in [4.69, 9.17) is 5.73 Å². The maximum Gasteiger partial charge on any atom is 0.268 e. The molecule has 1 aromatic heterocycles. The Morgan fingerprint density at radius 1 is 1.32 bits per heavy atom. The molecule has 6 heteroatoms. The van der Waals surface area contributed by atoms with Gasteiger partial charge in [-0.1, -0.05) is 0 Å². The molecular formula is C13H20N4O2. The van der Waals surface area contributed by atoms with Gasteiger partial charge in [0.1, 0.15) is 5.69 Å². The molecule has 2 amide bonds. The summed E-state index contributed by atoms with van der Waals surface area (Å²) in [6.45, 7) is 1.64. The van der Waals surface area contributed by atoms with Crippen molar-refractivity contribution in [1.29, 1.82) is 0 Å². The predicted octanol–water partition coefficient (Wildman–Crippen LogP) is 0.350.